The maximum Gasteiger partial charge on any atom is 0.416 e. The second kappa shape index (κ2) is 10.00. The molecule has 35 heavy (non-hydrogen) atoms. The van der Waals surface area contributed by atoms with E-state index in [0.29, 0.717) is 11.1 Å². The van der Waals surface area contributed by atoms with Crippen molar-refractivity contribution in [3.63, 3.8) is 0 Å². The van der Waals surface area contributed by atoms with Crippen LogP contribution in [0.5, 0.6) is 0 Å². The van der Waals surface area contributed by atoms with Gasteiger partial charge < -0.3 is 20.6 Å². The number of rotatable bonds is 6. The van der Waals surface area contributed by atoms with Gasteiger partial charge in [0.1, 0.15) is 0 Å². The highest BCUT2D eigenvalue weighted by Gasteiger charge is 2.35. The van der Waals surface area contributed by atoms with Gasteiger partial charge in [-0.1, -0.05) is 30.3 Å². The van der Waals surface area contributed by atoms with Gasteiger partial charge in [0.25, 0.3) is 5.91 Å². The lowest BCUT2D eigenvalue weighted by Gasteiger charge is -2.27. The average molecular weight is 489 g/mol. The molecule has 1 aliphatic rings. The van der Waals surface area contributed by atoms with E-state index in [0.717, 1.165) is 17.0 Å². The Labute approximate surface area is 198 Å². The number of Topliss-reactive ketones (excluding diaryl/α,β-unsaturated/α-hetero) is 1. The second-order valence-electron chi connectivity index (χ2n) is 8.03. The molecule has 0 bridgehead atoms. The number of hydrogen-bond acceptors (Lipinski definition) is 4. The summed E-state index contributed by atoms with van der Waals surface area (Å²) in [6, 6.07) is 7.21. The third kappa shape index (κ3) is 6.05. The standard InChI is InChI=1S/C24H22F3N3O5/c1-13-12-30(2)22(34)20(21(13)33)29-23(35)28-18(11-19(31)32)16-7-3-5-14(9-16)15-6-4-8-17(10-15)24(25,26)27/h3-10,12,18,20H,11H2,1-2H3,(H,31,32)(H2,28,29,35). The van der Waals surface area contributed by atoms with Crippen LogP contribution in [0.4, 0.5) is 18.0 Å². The summed E-state index contributed by atoms with van der Waals surface area (Å²) in [5.41, 5.74) is 0.367. The largest absolute Gasteiger partial charge is 0.481 e. The Balaban J connectivity index is 1.85. The SMILES string of the molecule is CC1=CN(C)C(=O)C(NC(=O)NC(CC(=O)O)c2cccc(-c3cccc(C(F)(F)F)c3)c2)C1=O. The Morgan fingerprint density at radius 3 is 2.34 bits per heavy atom. The molecule has 3 N–H and O–H groups in total. The van der Waals surface area contributed by atoms with Crippen LogP contribution in [-0.4, -0.2) is 46.8 Å². The number of carboxylic acid groups (broad SMARTS) is 1. The molecule has 3 amide bonds. The number of nitrogens with one attached hydrogen (secondary N) is 2. The first kappa shape index (κ1) is 25.5. The molecule has 2 unspecified atom stereocenters. The number of amides is 3. The van der Waals surface area contributed by atoms with E-state index in [2.05, 4.69) is 10.6 Å². The average Bonchev–Trinajstić information content (AvgIpc) is 2.79. The number of benzene rings is 2. The van der Waals surface area contributed by atoms with Gasteiger partial charge in [-0.25, -0.2) is 4.79 Å². The highest BCUT2D eigenvalue weighted by molar-refractivity contribution is 6.16. The number of urea groups is 1. The van der Waals surface area contributed by atoms with Gasteiger partial charge in [0.05, 0.1) is 18.0 Å². The monoisotopic (exact) mass is 489 g/mol. The lowest BCUT2D eigenvalue weighted by Crippen LogP contribution is -2.56. The topological polar surface area (TPSA) is 116 Å². The molecule has 3 rings (SSSR count). The third-order valence-electron chi connectivity index (χ3n) is 5.40. The molecule has 8 nitrogen and oxygen atoms in total. The minimum absolute atomic E-state index is 0.254. The fourth-order valence-electron chi connectivity index (χ4n) is 3.66. The van der Waals surface area contributed by atoms with Crippen LogP contribution in [0.1, 0.15) is 30.5 Å². The number of aliphatic carboxylic acids is 1. The molecule has 1 aliphatic heterocycles. The third-order valence-corrected chi connectivity index (χ3v) is 5.40. The van der Waals surface area contributed by atoms with E-state index in [9.17, 15) is 37.5 Å². The van der Waals surface area contributed by atoms with Gasteiger partial charge in [-0.3, -0.25) is 14.4 Å². The summed E-state index contributed by atoms with van der Waals surface area (Å²) in [4.78, 5) is 49.8. The van der Waals surface area contributed by atoms with Gasteiger partial charge in [0, 0.05) is 18.8 Å². The number of halogens is 3. The summed E-state index contributed by atoms with van der Waals surface area (Å²) in [7, 11) is 1.43. The van der Waals surface area contributed by atoms with Crippen LogP contribution in [0.3, 0.4) is 0 Å². The molecule has 0 radical (unpaired) electrons. The molecular formula is C24H22F3N3O5. The zero-order valence-electron chi connectivity index (χ0n) is 18.7. The number of ketones is 1. The van der Waals surface area contributed by atoms with E-state index in [1.165, 1.54) is 50.5 Å². The van der Waals surface area contributed by atoms with Crippen LogP contribution in [0.2, 0.25) is 0 Å². The lowest BCUT2D eigenvalue weighted by atomic mass is 9.97. The maximum atomic E-state index is 13.1. The van der Waals surface area contributed by atoms with E-state index < -0.39 is 53.9 Å². The molecule has 2 aromatic rings. The minimum Gasteiger partial charge on any atom is -0.481 e. The summed E-state index contributed by atoms with van der Waals surface area (Å²) in [5.74, 6) is -2.50. The number of likely N-dealkylation sites (N-methyl/N-ethyl adjacent to an activating group) is 1. The Bertz CT molecular complexity index is 1210. The second-order valence-corrected chi connectivity index (χ2v) is 8.03. The maximum absolute atomic E-state index is 13.1. The first-order chi connectivity index (χ1) is 16.4. The van der Waals surface area contributed by atoms with Crippen molar-refractivity contribution < 1.29 is 37.5 Å². The van der Waals surface area contributed by atoms with Crippen LogP contribution in [0, 0.1) is 0 Å². The summed E-state index contributed by atoms with van der Waals surface area (Å²) in [6.07, 6.45) is -3.74. The molecule has 0 aromatic heterocycles. The van der Waals surface area contributed by atoms with Crippen LogP contribution in [-0.2, 0) is 20.6 Å². The smallest absolute Gasteiger partial charge is 0.416 e. The van der Waals surface area contributed by atoms with Gasteiger partial charge in [-0.15, -0.1) is 0 Å². The summed E-state index contributed by atoms with van der Waals surface area (Å²) in [5, 5.41) is 14.0. The lowest BCUT2D eigenvalue weighted by molar-refractivity contribution is -0.138. The predicted molar refractivity (Wildman–Crippen MR) is 119 cm³/mol. The molecule has 1 heterocycles. The molecule has 2 atom stereocenters. The fourth-order valence-corrected chi connectivity index (χ4v) is 3.66. The van der Waals surface area contributed by atoms with Crippen LogP contribution < -0.4 is 10.6 Å². The number of nitrogens with zero attached hydrogens (tertiary/aromatic N) is 1. The normalized spacial score (nSPS) is 17.0. The molecule has 0 saturated carbocycles. The highest BCUT2D eigenvalue weighted by Crippen LogP contribution is 2.33. The van der Waals surface area contributed by atoms with Crippen molar-refractivity contribution in [2.24, 2.45) is 0 Å². The van der Waals surface area contributed by atoms with E-state index in [4.69, 9.17) is 0 Å². The van der Waals surface area contributed by atoms with Gasteiger partial charge >= 0.3 is 18.2 Å². The molecule has 2 aromatic carbocycles. The molecule has 0 saturated heterocycles. The number of carbonyl (C=O) groups is 4. The number of alkyl halides is 3. The van der Waals surface area contributed by atoms with E-state index in [-0.39, 0.29) is 11.1 Å². The van der Waals surface area contributed by atoms with Crippen molar-refractivity contribution in [3.05, 3.63) is 71.4 Å². The molecular weight excluding hydrogens is 467 g/mol. The molecule has 0 fully saturated rings. The van der Waals surface area contributed by atoms with Gasteiger partial charge in [-0.2, -0.15) is 13.2 Å². The zero-order valence-corrected chi connectivity index (χ0v) is 18.7. The van der Waals surface area contributed by atoms with Crippen LogP contribution in [0.15, 0.2) is 60.3 Å². The summed E-state index contributed by atoms with van der Waals surface area (Å²) >= 11 is 0. The molecule has 11 heteroatoms. The molecule has 0 aliphatic carbocycles. The molecule has 184 valence electrons. The summed E-state index contributed by atoms with van der Waals surface area (Å²) in [6.45, 7) is 1.49. The molecule has 0 spiro atoms. The van der Waals surface area contributed by atoms with Crippen LogP contribution >= 0.6 is 0 Å². The predicted octanol–water partition coefficient (Wildman–Crippen LogP) is 3.50. The Kier molecular flexibility index (Phi) is 7.28. The van der Waals surface area contributed by atoms with Gasteiger partial charge in [0.2, 0.25) is 0 Å². The first-order valence-corrected chi connectivity index (χ1v) is 10.4. The van der Waals surface area contributed by atoms with Crippen molar-refractivity contribution in [1.82, 2.24) is 15.5 Å². The van der Waals surface area contributed by atoms with E-state index in [1.807, 2.05) is 0 Å². The Morgan fingerprint density at radius 1 is 1.09 bits per heavy atom. The number of carboxylic acids is 1. The van der Waals surface area contributed by atoms with Gasteiger partial charge in [-0.05, 0) is 41.8 Å². The first-order valence-electron chi connectivity index (χ1n) is 10.4. The fraction of sp³-hybridized carbons (Fsp3) is 0.250. The van der Waals surface area contributed by atoms with Crippen molar-refractivity contribution >= 4 is 23.7 Å². The Hall–Kier alpha value is -4.15. The van der Waals surface area contributed by atoms with Gasteiger partial charge in [0.15, 0.2) is 11.8 Å². The van der Waals surface area contributed by atoms with E-state index in [1.54, 1.807) is 6.07 Å². The van der Waals surface area contributed by atoms with Crippen molar-refractivity contribution in [2.75, 3.05) is 7.05 Å². The number of hydrogen-bond donors (Lipinski definition) is 3. The van der Waals surface area contributed by atoms with E-state index >= 15 is 0 Å². The van der Waals surface area contributed by atoms with Crippen molar-refractivity contribution in [3.8, 4) is 11.1 Å². The highest BCUT2D eigenvalue weighted by atomic mass is 19.4. The summed E-state index contributed by atoms with van der Waals surface area (Å²) < 4.78 is 39.3. The van der Waals surface area contributed by atoms with Crippen molar-refractivity contribution in [2.45, 2.75) is 31.6 Å². The minimum atomic E-state index is -4.53. The van der Waals surface area contributed by atoms with Crippen molar-refractivity contribution in [1.29, 1.82) is 0 Å². The zero-order chi connectivity index (χ0) is 25.9. The quantitative estimate of drug-likeness (QED) is 0.538. The number of carbonyl (C=O) groups excluding carboxylic acids is 3. The Morgan fingerprint density at radius 2 is 1.71 bits per heavy atom. The van der Waals surface area contributed by atoms with Crippen LogP contribution in [0.25, 0.3) is 11.1 Å².